The molecule has 0 fully saturated rings. The Hall–Kier alpha value is -1.03. The van der Waals surface area contributed by atoms with Crippen molar-refractivity contribution in [1.82, 2.24) is 5.32 Å². The number of hydrogen-bond donors (Lipinski definition) is 1. The third kappa shape index (κ3) is 5.03. The van der Waals surface area contributed by atoms with E-state index in [1.54, 1.807) is 18.4 Å². The van der Waals surface area contributed by atoms with Gasteiger partial charge in [0.15, 0.2) is 0 Å². The first-order valence-electron chi connectivity index (χ1n) is 7.29. The molecule has 0 radical (unpaired) electrons. The number of rotatable bonds is 8. The van der Waals surface area contributed by atoms with Crippen LogP contribution < -0.4 is 10.1 Å². The Balaban J connectivity index is 2.11. The molecule has 1 N–H and O–H groups in total. The van der Waals surface area contributed by atoms with Gasteiger partial charge in [-0.3, -0.25) is 0 Å². The van der Waals surface area contributed by atoms with Crippen molar-refractivity contribution in [3.05, 3.63) is 51.2 Å². The van der Waals surface area contributed by atoms with E-state index in [2.05, 4.69) is 29.1 Å². The molecular formula is C17H22ClNOS. The molecule has 1 atom stereocenters. The molecule has 1 unspecified atom stereocenters. The third-order valence-corrected chi connectivity index (χ3v) is 4.42. The predicted octanol–water partition coefficient (Wildman–Crippen LogP) is 4.56. The lowest BCUT2D eigenvalue weighted by molar-refractivity contribution is 0.404. The second-order valence-corrected chi connectivity index (χ2v) is 6.36. The van der Waals surface area contributed by atoms with Crippen LogP contribution in [-0.4, -0.2) is 19.7 Å². The van der Waals surface area contributed by atoms with Gasteiger partial charge < -0.3 is 10.1 Å². The lowest BCUT2D eigenvalue weighted by Crippen LogP contribution is -2.33. The first-order valence-corrected chi connectivity index (χ1v) is 8.62. The highest BCUT2D eigenvalue weighted by Crippen LogP contribution is 2.24. The Kier molecular flexibility index (Phi) is 6.55. The molecule has 0 amide bonds. The highest BCUT2D eigenvalue weighted by atomic mass is 35.5. The Morgan fingerprint density at radius 2 is 2.14 bits per heavy atom. The van der Waals surface area contributed by atoms with Gasteiger partial charge in [0.1, 0.15) is 5.75 Å². The molecule has 0 spiro atoms. The molecular weight excluding hydrogens is 302 g/mol. The number of thiophene rings is 1. The van der Waals surface area contributed by atoms with Crippen molar-refractivity contribution in [2.24, 2.45) is 0 Å². The van der Waals surface area contributed by atoms with Crippen LogP contribution in [-0.2, 0) is 12.8 Å². The van der Waals surface area contributed by atoms with Crippen molar-refractivity contribution in [3.8, 4) is 5.75 Å². The van der Waals surface area contributed by atoms with Crippen molar-refractivity contribution >= 4 is 22.9 Å². The maximum absolute atomic E-state index is 6.13. The predicted molar refractivity (Wildman–Crippen MR) is 91.8 cm³/mol. The monoisotopic (exact) mass is 323 g/mol. The normalized spacial score (nSPS) is 12.3. The fraction of sp³-hybridized carbons (Fsp3) is 0.412. The summed E-state index contributed by atoms with van der Waals surface area (Å²) in [4.78, 5) is 0. The van der Waals surface area contributed by atoms with Crippen molar-refractivity contribution in [2.75, 3.05) is 13.7 Å². The van der Waals surface area contributed by atoms with Crippen molar-refractivity contribution in [2.45, 2.75) is 32.2 Å². The zero-order chi connectivity index (χ0) is 15.1. The van der Waals surface area contributed by atoms with Crippen LogP contribution in [0.25, 0.3) is 0 Å². The molecule has 2 rings (SSSR count). The van der Waals surface area contributed by atoms with E-state index in [4.69, 9.17) is 16.3 Å². The lowest BCUT2D eigenvalue weighted by atomic mass is 9.99. The minimum atomic E-state index is 0.395. The van der Waals surface area contributed by atoms with E-state index >= 15 is 0 Å². The summed E-state index contributed by atoms with van der Waals surface area (Å²) in [5.41, 5.74) is 2.54. The maximum atomic E-state index is 6.13. The van der Waals surface area contributed by atoms with E-state index in [0.29, 0.717) is 6.04 Å². The SMILES string of the molecule is CCCNC(Cc1ccsc1)Cc1cc(Cl)ccc1OC. The first kappa shape index (κ1) is 16.3. The minimum Gasteiger partial charge on any atom is -0.496 e. The summed E-state index contributed by atoms with van der Waals surface area (Å²) in [7, 11) is 1.71. The zero-order valence-corrected chi connectivity index (χ0v) is 14.1. The van der Waals surface area contributed by atoms with Crippen LogP contribution >= 0.6 is 22.9 Å². The third-order valence-electron chi connectivity index (χ3n) is 3.45. The lowest BCUT2D eigenvalue weighted by Gasteiger charge is -2.20. The van der Waals surface area contributed by atoms with E-state index in [9.17, 15) is 0 Å². The fourth-order valence-electron chi connectivity index (χ4n) is 2.43. The van der Waals surface area contributed by atoms with Gasteiger partial charge in [-0.1, -0.05) is 18.5 Å². The molecule has 1 aromatic carbocycles. The van der Waals surface area contributed by atoms with Gasteiger partial charge in [0.25, 0.3) is 0 Å². The van der Waals surface area contributed by atoms with Crippen molar-refractivity contribution in [1.29, 1.82) is 0 Å². The Morgan fingerprint density at radius 1 is 1.29 bits per heavy atom. The smallest absolute Gasteiger partial charge is 0.122 e. The number of ether oxygens (including phenoxy) is 1. The molecule has 1 aromatic heterocycles. The number of hydrogen-bond acceptors (Lipinski definition) is 3. The molecule has 0 aliphatic carbocycles. The Morgan fingerprint density at radius 3 is 2.81 bits per heavy atom. The molecule has 0 saturated carbocycles. The first-order chi connectivity index (χ1) is 10.2. The Bertz CT molecular complexity index is 542. The quantitative estimate of drug-likeness (QED) is 0.768. The van der Waals surface area contributed by atoms with Crippen LogP contribution in [0.2, 0.25) is 5.02 Å². The van der Waals surface area contributed by atoms with E-state index in [-0.39, 0.29) is 0 Å². The average molecular weight is 324 g/mol. The van der Waals surface area contributed by atoms with E-state index in [0.717, 1.165) is 42.1 Å². The Labute approximate surface area is 136 Å². The molecule has 114 valence electrons. The van der Waals surface area contributed by atoms with Gasteiger partial charge in [-0.25, -0.2) is 0 Å². The molecule has 21 heavy (non-hydrogen) atoms. The second-order valence-electron chi connectivity index (χ2n) is 5.15. The molecule has 0 aliphatic rings. The average Bonchev–Trinajstić information content (AvgIpc) is 2.98. The van der Waals surface area contributed by atoms with Gasteiger partial charge in [-0.05, 0) is 72.0 Å². The molecule has 0 aliphatic heterocycles. The minimum absolute atomic E-state index is 0.395. The summed E-state index contributed by atoms with van der Waals surface area (Å²) in [6, 6.07) is 8.41. The largest absolute Gasteiger partial charge is 0.496 e. The van der Waals surface area contributed by atoms with E-state index in [1.165, 1.54) is 5.56 Å². The van der Waals surface area contributed by atoms with E-state index in [1.807, 2.05) is 18.2 Å². The molecule has 2 aromatic rings. The highest BCUT2D eigenvalue weighted by Gasteiger charge is 2.13. The van der Waals surface area contributed by atoms with Crippen molar-refractivity contribution in [3.63, 3.8) is 0 Å². The van der Waals surface area contributed by atoms with Gasteiger partial charge in [0.2, 0.25) is 0 Å². The van der Waals surface area contributed by atoms with Gasteiger partial charge in [0.05, 0.1) is 7.11 Å². The van der Waals surface area contributed by atoms with Crippen LogP contribution in [0, 0.1) is 0 Å². The van der Waals surface area contributed by atoms with Gasteiger partial charge in [0, 0.05) is 11.1 Å². The summed E-state index contributed by atoms with van der Waals surface area (Å²) in [6.07, 6.45) is 3.07. The maximum Gasteiger partial charge on any atom is 0.122 e. The highest BCUT2D eigenvalue weighted by molar-refractivity contribution is 7.07. The number of halogens is 1. The van der Waals surface area contributed by atoms with Gasteiger partial charge >= 0.3 is 0 Å². The van der Waals surface area contributed by atoms with Crippen LogP contribution in [0.3, 0.4) is 0 Å². The molecule has 0 saturated heterocycles. The summed E-state index contributed by atoms with van der Waals surface area (Å²) < 4.78 is 5.46. The fourth-order valence-corrected chi connectivity index (χ4v) is 3.31. The number of methoxy groups -OCH3 is 1. The topological polar surface area (TPSA) is 21.3 Å². The summed E-state index contributed by atoms with van der Waals surface area (Å²) >= 11 is 7.88. The summed E-state index contributed by atoms with van der Waals surface area (Å²) in [5, 5.41) is 8.74. The van der Waals surface area contributed by atoms with Crippen LogP contribution in [0.1, 0.15) is 24.5 Å². The van der Waals surface area contributed by atoms with Gasteiger partial charge in [-0.2, -0.15) is 11.3 Å². The molecule has 0 bridgehead atoms. The van der Waals surface area contributed by atoms with Crippen LogP contribution in [0.4, 0.5) is 0 Å². The summed E-state index contributed by atoms with van der Waals surface area (Å²) in [5.74, 6) is 0.910. The molecule has 1 heterocycles. The van der Waals surface area contributed by atoms with Crippen LogP contribution in [0.5, 0.6) is 5.75 Å². The molecule has 4 heteroatoms. The molecule has 2 nitrogen and oxygen atoms in total. The van der Waals surface area contributed by atoms with Gasteiger partial charge in [-0.15, -0.1) is 0 Å². The second kappa shape index (κ2) is 8.42. The summed E-state index contributed by atoms with van der Waals surface area (Å²) in [6.45, 7) is 3.21. The van der Waals surface area contributed by atoms with Crippen molar-refractivity contribution < 1.29 is 4.74 Å². The van der Waals surface area contributed by atoms with Crippen LogP contribution in [0.15, 0.2) is 35.0 Å². The van der Waals surface area contributed by atoms with E-state index < -0.39 is 0 Å². The standard InChI is InChI=1S/C17H22ClNOS/c1-3-7-19-16(9-13-6-8-21-12-13)11-14-10-15(18)4-5-17(14)20-2/h4-6,8,10,12,16,19H,3,7,9,11H2,1-2H3. The zero-order valence-electron chi connectivity index (χ0n) is 12.6. The number of nitrogens with one attached hydrogen (secondary N) is 1. The number of benzene rings is 1.